The van der Waals surface area contributed by atoms with Gasteiger partial charge in [-0.3, -0.25) is 9.12 Å². The number of unbranched alkanes of at least 4 members (excludes halogenated alkanes) is 1. The molecule has 0 saturated carbocycles. The van der Waals surface area contributed by atoms with Gasteiger partial charge in [-0.25, -0.2) is 0 Å². The lowest BCUT2D eigenvalue weighted by atomic mass is 10.0. The van der Waals surface area contributed by atoms with E-state index in [-0.39, 0.29) is 12.8 Å². The van der Waals surface area contributed by atoms with Crippen molar-refractivity contribution in [2.24, 2.45) is 0 Å². The molecule has 26 heavy (non-hydrogen) atoms. The summed E-state index contributed by atoms with van der Waals surface area (Å²) < 4.78 is 42.3. The molecular formula is C18H29O6PS. The molecule has 1 rings (SSSR count). The van der Waals surface area contributed by atoms with Gasteiger partial charge < -0.3 is 9.79 Å². The molecule has 0 aromatic heterocycles. The van der Waals surface area contributed by atoms with Crippen molar-refractivity contribution >= 4 is 17.7 Å². The molecule has 1 unspecified atom stereocenters. The largest absolute Gasteiger partial charge is 0.346 e. The van der Waals surface area contributed by atoms with Crippen LogP contribution in [-0.4, -0.2) is 27.7 Å². The zero-order valence-corrected chi connectivity index (χ0v) is 17.0. The third-order valence-electron chi connectivity index (χ3n) is 4.24. The molecule has 6 nitrogen and oxygen atoms in total. The zero-order valence-electron chi connectivity index (χ0n) is 15.3. The van der Waals surface area contributed by atoms with Gasteiger partial charge in [0.25, 0.3) is 10.1 Å². The first kappa shape index (κ1) is 23.1. The molecular weight excluding hydrogens is 375 g/mol. The molecule has 148 valence electrons. The average molecular weight is 404 g/mol. The summed E-state index contributed by atoms with van der Waals surface area (Å²) in [6, 6.07) is 8.56. The lowest BCUT2D eigenvalue weighted by molar-refractivity contribution is 0.360. The zero-order chi connectivity index (χ0) is 19.8. The average Bonchev–Trinajstić information content (AvgIpc) is 2.51. The molecule has 0 bridgehead atoms. The van der Waals surface area contributed by atoms with E-state index in [1.807, 2.05) is 13.0 Å². The van der Waals surface area contributed by atoms with E-state index in [9.17, 15) is 13.0 Å². The van der Waals surface area contributed by atoms with E-state index in [1.54, 1.807) is 0 Å². The van der Waals surface area contributed by atoms with Gasteiger partial charge in [0, 0.05) is 0 Å². The first-order chi connectivity index (χ1) is 12.0. The quantitative estimate of drug-likeness (QED) is 0.222. The number of benzene rings is 1. The SMILES string of the molecule is CCCc1ccc(CC/C(C)=C/CCCC(P(=O)(O)O)S(=O)(=O)O)cc1. The summed E-state index contributed by atoms with van der Waals surface area (Å²) in [4.78, 5) is 16.0. The molecule has 0 heterocycles. The van der Waals surface area contributed by atoms with Crippen LogP contribution in [0.3, 0.4) is 0 Å². The smallest absolute Gasteiger partial charge is 0.323 e. The Hall–Kier alpha value is -0.980. The van der Waals surface area contributed by atoms with Gasteiger partial charge in [-0.05, 0) is 56.6 Å². The molecule has 0 saturated heterocycles. The van der Waals surface area contributed by atoms with Gasteiger partial charge in [-0.1, -0.05) is 49.3 Å². The van der Waals surface area contributed by atoms with Crippen molar-refractivity contribution in [2.45, 2.75) is 63.8 Å². The molecule has 8 heteroatoms. The molecule has 0 amide bonds. The van der Waals surface area contributed by atoms with E-state index in [0.29, 0.717) is 6.42 Å². The summed E-state index contributed by atoms with van der Waals surface area (Å²) in [7, 11) is -9.64. The van der Waals surface area contributed by atoms with Crippen LogP contribution in [0.5, 0.6) is 0 Å². The van der Waals surface area contributed by atoms with Crippen molar-refractivity contribution in [2.75, 3.05) is 0 Å². The van der Waals surface area contributed by atoms with Gasteiger partial charge in [-0.15, -0.1) is 0 Å². The Labute approximate surface area is 156 Å². The van der Waals surface area contributed by atoms with Gasteiger partial charge in [-0.2, -0.15) is 8.42 Å². The lowest BCUT2D eigenvalue weighted by Gasteiger charge is -2.14. The molecule has 0 fully saturated rings. The van der Waals surface area contributed by atoms with E-state index in [1.165, 1.54) is 11.1 Å². The predicted octanol–water partition coefficient (Wildman–Crippen LogP) is 4.08. The van der Waals surface area contributed by atoms with Crippen molar-refractivity contribution in [3.63, 3.8) is 0 Å². The van der Waals surface area contributed by atoms with Crippen LogP contribution >= 0.6 is 7.60 Å². The fourth-order valence-corrected chi connectivity index (χ4v) is 5.11. The summed E-state index contributed by atoms with van der Waals surface area (Å²) in [6.45, 7) is 4.13. The summed E-state index contributed by atoms with van der Waals surface area (Å²) in [5.41, 5.74) is 3.73. The normalized spacial score (nSPS) is 14.4. The highest BCUT2D eigenvalue weighted by Gasteiger charge is 2.38. The van der Waals surface area contributed by atoms with Gasteiger partial charge >= 0.3 is 7.60 Å². The van der Waals surface area contributed by atoms with Crippen LogP contribution < -0.4 is 0 Å². The third kappa shape index (κ3) is 8.60. The minimum atomic E-state index is -4.88. The first-order valence-electron chi connectivity index (χ1n) is 8.79. The molecule has 0 radical (unpaired) electrons. The highest BCUT2D eigenvalue weighted by Crippen LogP contribution is 2.46. The number of aryl methyl sites for hydroxylation is 2. The highest BCUT2D eigenvalue weighted by atomic mass is 32.2. The third-order valence-corrected chi connectivity index (χ3v) is 7.79. The molecule has 0 aliphatic heterocycles. The number of hydrogen-bond acceptors (Lipinski definition) is 3. The minimum absolute atomic E-state index is 0.272. The van der Waals surface area contributed by atoms with Crippen LogP contribution in [0.25, 0.3) is 0 Å². The minimum Gasteiger partial charge on any atom is -0.323 e. The number of allylic oxidation sites excluding steroid dienone is 2. The summed E-state index contributed by atoms with van der Waals surface area (Å²) >= 11 is 0. The van der Waals surface area contributed by atoms with E-state index in [2.05, 4.69) is 31.2 Å². The van der Waals surface area contributed by atoms with Crippen molar-refractivity contribution in [1.82, 2.24) is 0 Å². The van der Waals surface area contributed by atoms with Crippen molar-refractivity contribution in [3.8, 4) is 0 Å². The van der Waals surface area contributed by atoms with Gasteiger partial charge in [0.2, 0.25) is 0 Å². The standard InChI is InChI=1S/C18H29O6PS/c1-3-6-16-11-13-17(14-12-16)10-9-15(2)7-4-5-8-18(25(19,20)21)26(22,23)24/h7,11-14,18H,3-6,8-10H2,1-2H3,(H2,19,20,21)(H,22,23,24)/b15-7+. The molecule has 1 atom stereocenters. The van der Waals surface area contributed by atoms with Crippen LogP contribution in [0.15, 0.2) is 35.9 Å². The van der Waals surface area contributed by atoms with Crippen LogP contribution in [0.1, 0.15) is 57.1 Å². The van der Waals surface area contributed by atoms with Crippen LogP contribution in [-0.2, 0) is 27.5 Å². The second kappa shape index (κ2) is 10.4. The second-order valence-corrected chi connectivity index (χ2v) is 10.4. The second-order valence-electron chi connectivity index (χ2n) is 6.61. The fourth-order valence-electron chi connectivity index (χ4n) is 2.74. The maximum atomic E-state index is 11.2. The maximum absolute atomic E-state index is 11.2. The van der Waals surface area contributed by atoms with Gasteiger partial charge in [0.1, 0.15) is 0 Å². The van der Waals surface area contributed by atoms with Gasteiger partial charge in [0.15, 0.2) is 4.99 Å². The number of rotatable bonds is 11. The topological polar surface area (TPSA) is 112 Å². The molecule has 1 aromatic rings. The summed E-state index contributed by atoms with van der Waals surface area (Å²) in [6.07, 6.45) is 6.45. The molecule has 0 spiro atoms. The van der Waals surface area contributed by atoms with E-state index in [4.69, 9.17) is 14.3 Å². The van der Waals surface area contributed by atoms with Crippen molar-refractivity contribution < 1.29 is 27.3 Å². The lowest BCUT2D eigenvalue weighted by Crippen LogP contribution is -2.20. The van der Waals surface area contributed by atoms with Crippen molar-refractivity contribution in [1.29, 1.82) is 0 Å². The monoisotopic (exact) mass is 404 g/mol. The molecule has 1 aromatic carbocycles. The van der Waals surface area contributed by atoms with Gasteiger partial charge in [0.05, 0.1) is 0 Å². The van der Waals surface area contributed by atoms with E-state index < -0.39 is 22.7 Å². The van der Waals surface area contributed by atoms with E-state index >= 15 is 0 Å². The van der Waals surface area contributed by atoms with Crippen LogP contribution in [0.2, 0.25) is 0 Å². The Bertz CT molecular complexity index is 733. The van der Waals surface area contributed by atoms with Crippen molar-refractivity contribution in [3.05, 3.63) is 47.0 Å². The highest BCUT2D eigenvalue weighted by molar-refractivity contribution is 7.93. The Morgan fingerprint density at radius 2 is 1.69 bits per heavy atom. The first-order valence-corrected chi connectivity index (χ1v) is 12.0. The molecule has 3 N–H and O–H groups in total. The Balaban J connectivity index is 2.45. The van der Waals surface area contributed by atoms with Crippen LogP contribution in [0.4, 0.5) is 0 Å². The summed E-state index contributed by atoms with van der Waals surface area (Å²) in [5.74, 6) is 0. The number of hydrogen-bond donors (Lipinski definition) is 3. The molecule has 0 aliphatic rings. The molecule has 0 aliphatic carbocycles. The Morgan fingerprint density at radius 1 is 1.15 bits per heavy atom. The predicted molar refractivity (Wildman–Crippen MR) is 104 cm³/mol. The summed E-state index contributed by atoms with van der Waals surface area (Å²) in [5, 5.41) is 0. The van der Waals surface area contributed by atoms with Crippen LogP contribution in [0, 0.1) is 0 Å². The maximum Gasteiger partial charge on any atom is 0.346 e. The Morgan fingerprint density at radius 3 is 2.15 bits per heavy atom. The Kier molecular flexibility index (Phi) is 9.21. The van der Waals surface area contributed by atoms with E-state index in [0.717, 1.165) is 31.3 Å². The fraction of sp³-hybridized carbons (Fsp3) is 0.556.